The third-order valence-electron chi connectivity index (χ3n) is 7.36. The number of carbonyl (C=O) groups is 3. The number of nitrogens with zero attached hydrogens (tertiary/aromatic N) is 1. The number of amides is 1. The van der Waals surface area contributed by atoms with E-state index in [4.69, 9.17) is 4.98 Å². The molecule has 1 heterocycles. The number of aromatic nitrogens is 1. The Morgan fingerprint density at radius 1 is 1.06 bits per heavy atom. The minimum Gasteiger partial charge on any atom is -0.481 e. The summed E-state index contributed by atoms with van der Waals surface area (Å²) in [4.78, 5) is 43.4. The number of aliphatic carboxylic acids is 1. The maximum atomic E-state index is 13.8. The van der Waals surface area contributed by atoms with Gasteiger partial charge in [-0.3, -0.25) is 14.4 Å². The zero-order valence-electron chi connectivity index (χ0n) is 18.2. The van der Waals surface area contributed by atoms with Gasteiger partial charge in [0.05, 0.1) is 27.7 Å². The predicted octanol–water partition coefficient (Wildman–Crippen LogP) is 5.06. The number of carboxylic acids is 1. The Bertz CT molecular complexity index is 1310. The summed E-state index contributed by atoms with van der Waals surface area (Å²) in [5.74, 6) is -1.42. The van der Waals surface area contributed by atoms with E-state index in [-0.39, 0.29) is 18.1 Å². The third kappa shape index (κ3) is 3.46. The summed E-state index contributed by atoms with van der Waals surface area (Å²) >= 11 is 3.49. The highest BCUT2D eigenvalue weighted by atomic mass is 79.9. The van der Waals surface area contributed by atoms with Crippen LogP contribution in [0.5, 0.6) is 0 Å². The van der Waals surface area contributed by atoms with Gasteiger partial charge in [-0.25, -0.2) is 4.98 Å². The number of halogens is 1. The van der Waals surface area contributed by atoms with Gasteiger partial charge in [0.25, 0.3) is 5.91 Å². The fourth-order valence-electron chi connectivity index (χ4n) is 5.35. The first kappa shape index (κ1) is 21.8. The van der Waals surface area contributed by atoms with Crippen molar-refractivity contribution < 1.29 is 19.5 Å². The minimum atomic E-state index is -1.00. The Labute approximate surface area is 199 Å². The fraction of sp³-hybridized carbons (Fsp3) is 0.308. The van der Waals surface area contributed by atoms with Crippen molar-refractivity contribution in [1.82, 2.24) is 10.3 Å². The highest BCUT2D eigenvalue weighted by Crippen LogP contribution is 2.51. The maximum absolute atomic E-state index is 13.8. The van der Waals surface area contributed by atoms with Gasteiger partial charge in [0.1, 0.15) is 0 Å². The molecule has 2 bridgehead atoms. The highest BCUT2D eigenvalue weighted by molar-refractivity contribution is 9.10. The minimum absolute atomic E-state index is 0.0283. The SMILES string of the molecule is Cc1c(-c2ccccc2)nc2ccc(Br)cc2c1C(=O)NC12CCC(C(=O)O)(CC1)CC2=O. The number of nitrogens with one attached hydrogen (secondary N) is 1. The molecule has 7 heteroatoms. The van der Waals surface area contributed by atoms with E-state index in [9.17, 15) is 19.5 Å². The maximum Gasteiger partial charge on any atom is 0.310 e. The Morgan fingerprint density at radius 3 is 2.39 bits per heavy atom. The van der Waals surface area contributed by atoms with Gasteiger partial charge in [0.2, 0.25) is 0 Å². The van der Waals surface area contributed by atoms with E-state index < -0.39 is 16.9 Å². The van der Waals surface area contributed by atoms with Crippen LogP contribution in [0.15, 0.2) is 53.0 Å². The molecule has 0 atom stereocenters. The lowest BCUT2D eigenvalue weighted by Gasteiger charge is -2.50. The van der Waals surface area contributed by atoms with Gasteiger partial charge in [-0.15, -0.1) is 0 Å². The second-order valence-electron chi connectivity index (χ2n) is 9.21. The van der Waals surface area contributed by atoms with E-state index in [2.05, 4.69) is 21.2 Å². The first-order valence-electron chi connectivity index (χ1n) is 11.0. The number of fused-ring (bicyclic) bond motifs is 4. The quantitative estimate of drug-likeness (QED) is 0.515. The Kier molecular flexibility index (Phi) is 5.12. The monoisotopic (exact) mass is 506 g/mol. The molecule has 3 aliphatic carbocycles. The van der Waals surface area contributed by atoms with E-state index in [0.717, 1.165) is 21.3 Å². The van der Waals surface area contributed by atoms with Gasteiger partial charge < -0.3 is 10.4 Å². The molecule has 6 rings (SSSR count). The first-order chi connectivity index (χ1) is 15.7. The number of carbonyl (C=O) groups excluding carboxylic acids is 2. The first-order valence-corrected chi connectivity index (χ1v) is 11.8. The molecule has 3 fully saturated rings. The van der Waals surface area contributed by atoms with Crippen LogP contribution in [0.2, 0.25) is 0 Å². The van der Waals surface area contributed by atoms with Crippen molar-refractivity contribution in [2.75, 3.05) is 0 Å². The smallest absolute Gasteiger partial charge is 0.310 e. The summed E-state index contributed by atoms with van der Waals surface area (Å²) < 4.78 is 0.827. The summed E-state index contributed by atoms with van der Waals surface area (Å²) in [5, 5.41) is 13.4. The normalized spacial score (nSPS) is 24.1. The summed E-state index contributed by atoms with van der Waals surface area (Å²) in [7, 11) is 0. The van der Waals surface area contributed by atoms with Gasteiger partial charge in [-0.1, -0.05) is 46.3 Å². The summed E-state index contributed by atoms with van der Waals surface area (Å²) in [6, 6.07) is 15.3. The number of hydrogen-bond donors (Lipinski definition) is 2. The molecule has 3 aromatic rings. The lowest BCUT2D eigenvalue weighted by Crippen LogP contribution is -2.64. The van der Waals surface area contributed by atoms with Crippen LogP contribution in [0.1, 0.15) is 48.0 Å². The highest BCUT2D eigenvalue weighted by Gasteiger charge is 2.58. The number of benzene rings is 2. The molecule has 6 nitrogen and oxygen atoms in total. The largest absolute Gasteiger partial charge is 0.481 e. The van der Waals surface area contributed by atoms with Crippen LogP contribution in [-0.2, 0) is 9.59 Å². The molecule has 3 saturated carbocycles. The van der Waals surface area contributed by atoms with E-state index in [1.54, 1.807) is 0 Å². The van der Waals surface area contributed by atoms with E-state index in [1.165, 1.54) is 0 Å². The van der Waals surface area contributed by atoms with Crippen molar-refractivity contribution in [1.29, 1.82) is 0 Å². The van der Waals surface area contributed by atoms with Gasteiger partial charge in [0.15, 0.2) is 5.78 Å². The number of carboxylic acid groups (broad SMARTS) is 1. The fourth-order valence-corrected chi connectivity index (χ4v) is 5.71. The molecule has 3 aliphatic rings. The molecule has 33 heavy (non-hydrogen) atoms. The van der Waals surface area contributed by atoms with Gasteiger partial charge in [0, 0.05) is 21.8 Å². The molecule has 0 aliphatic heterocycles. The van der Waals surface area contributed by atoms with Gasteiger partial charge >= 0.3 is 5.97 Å². The van der Waals surface area contributed by atoms with Crippen molar-refractivity contribution in [3.63, 3.8) is 0 Å². The van der Waals surface area contributed by atoms with Crippen LogP contribution in [0.25, 0.3) is 22.2 Å². The molecular formula is C26H23BrN2O4. The van der Waals surface area contributed by atoms with E-state index in [0.29, 0.717) is 42.1 Å². The summed E-state index contributed by atoms with van der Waals surface area (Å²) in [5.41, 5.74) is 1.56. The molecule has 0 spiro atoms. The van der Waals surface area contributed by atoms with Crippen molar-refractivity contribution in [2.24, 2.45) is 5.41 Å². The molecule has 2 N–H and O–H groups in total. The number of hydrogen-bond acceptors (Lipinski definition) is 4. The molecule has 0 saturated heterocycles. The molecule has 1 amide bonds. The van der Waals surface area contributed by atoms with Crippen molar-refractivity contribution in [3.05, 3.63) is 64.1 Å². The lowest BCUT2D eigenvalue weighted by atomic mass is 9.56. The van der Waals surface area contributed by atoms with E-state index in [1.807, 2.05) is 55.5 Å². The van der Waals surface area contributed by atoms with Crippen LogP contribution >= 0.6 is 15.9 Å². The topological polar surface area (TPSA) is 96.4 Å². The molecule has 168 valence electrons. The summed E-state index contributed by atoms with van der Waals surface area (Å²) in [6.45, 7) is 1.88. The van der Waals surface area contributed by atoms with Gasteiger partial charge in [-0.2, -0.15) is 0 Å². The van der Waals surface area contributed by atoms with Crippen molar-refractivity contribution in [3.8, 4) is 11.3 Å². The molecule has 0 unspecified atom stereocenters. The Hall–Kier alpha value is -3.06. The number of ketones is 1. The average molecular weight is 507 g/mol. The van der Waals surface area contributed by atoms with Crippen LogP contribution < -0.4 is 5.32 Å². The zero-order valence-corrected chi connectivity index (χ0v) is 19.7. The van der Waals surface area contributed by atoms with Crippen LogP contribution in [0, 0.1) is 12.3 Å². The predicted molar refractivity (Wildman–Crippen MR) is 128 cm³/mol. The number of Topliss-reactive ketones (excluding diaryl/α,β-unsaturated/α-hetero) is 1. The zero-order chi connectivity index (χ0) is 23.4. The standard InChI is InChI=1S/C26H23BrN2O4/c1-15-21(23(31)29-26-11-9-25(10-12-26,24(32)33)14-20(26)30)18-13-17(27)7-8-19(18)28-22(15)16-5-3-2-4-6-16/h2-8,13H,9-12,14H2,1H3,(H,29,31)(H,32,33). The lowest BCUT2D eigenvalue weighted by molar-refractivity contribution is -0.162. The third-order valence-corrected chi connectivity index (χ3v) is 7.86. The number of pyridine rings is 1. The van der Waals surface area contributed by atoms with Crippen molar-refractivity contribution in [2.45, 2.75) is 44.6 Å². The Balaban J connectivity index is 1.59. The van der Waals surface area contributed by atoms with E-state index >= 15 is 0 Å². The molecular weight excluding hydrogens is 484 g/mol. The summed E-state index contributed by atoms with van der Waals surface area (Å²) in [6.07, 6.45) is 1.46. The second-order valence-corrected chi connectivity index (χ2v) is 10.1. The number of rotatable bonds is 4. The van der Waals surface area contributed by atoms with Gasteiger partial charge in [-0.05, 0) is 56.4 Å². The van der Waals surface area contributed by atoms with Crippen LogP contribution in [0.3, 0.4) is 0 Å². The molecule has 2 aromatic carbocycles. The average Bonchev–Trinajstić information content (AvgIpc) is 2.80. The van der Waals surface area contributed by atoms with Crippen LogP contribution in [-0.4, -0.2) is 33.3 Å². The van der Waals surface area contributed by atoms with Crippen molar-refractivity contribution >= 4 is 44.5 Å². The van der Waals surface area contributed by atoms with Crippen LogP contribution in [0.4, 0.5) is 0 Å². The molecule has 1 aromatic heterocycles. The second kappa shape index (κ2) is 7.76. The molecule has 0 radical (unpaired) electrons. The Morgan fingerprint density at radius 2 is 1.76 bits per heavy atom.